The van der Waals surface area contributed by atoms with Crippen molar-refractivity contribution in [3.05, 3.63) is 35.9 Å². The Labute approximate surface area is 118 Å². The molecule has 110 valence electrons. The number of carbonyl (C=O) groups is 1. The summed E-state index contributed by atoms with van der Waals surface area (Å²) in [6.45, 7) is -1.48. The lowest BCUT2D eigenvalue weighted by Crippen LogP contribution is -2.44. The third-order valence-corrected chi connectivity index (χ3v) is 2.73. The molecule has 3 N–H and O–H groups in total. The molecule has 0 aliphatic rings. The number of nitrogens with one attached hydrogen (secondary N) is 1. The maximum Gasteiger partial charge on any atom is 0.324 e. The number of hydrogen-bond donors (Lipinski definition) is 2. The highest BCUT2D eigenvalue weighted by atomic mass is 32.1. The zero-order valence-corrected chi connectivity index (χ0v) is 11.0. The van der Waals surface area contributed by atoms with E-state index in [4.69, 9.17) is 18.0 Å². The Morgan fingerprint density at radius 3 is 2.30 bits per heavy atom. The molecule has 1 atom stereocenters. The highest BCUT2D eigenvalue weighted by Crippen LogP contribution is 2.22. The Kier molecular flexibility index (Phi) is 5.43. The van der Waals surface area contributed by atoms with Gasteiger partial charge in [0, 0.05) is 0 Å². The van der Waals surface area contributed by atoms with Crippen molar-refractivity contribution < 1.29 is 22.4 Å². The summed E-state index contributed by atoms with van der Waals surface area (Å²) in [7, 11) is 0. The molecule has 0 fully saturated rings. The van der Waals surface area contributed by atoms with E-state index < -0.39 is 30.7 Å². The van der Waals surface area contributed by atoms with Crippen LogP contribution in [-0.4, -0.2) is 29.8 Å². The van der Waals surface area contributed by atoms with E-state index in [-0.39, 0.29) is 4.99 Å². The molecule has 1 unspecified atom stereocenters. The molecular formula is C12H12F4N2OS. The topological polar surface area (TPSA) is 55.1 Å². The van der Waals surface area contributed by atoms with E-state index in [9.17, 15) is 22.4 Å². The van der Waals surface area contributed by atoms with Crippen LogP contribution in [0, 0.1) is 0 Å². The molecule has 1 aromatic rings. The quantitative estimate of drug-likeness (QED) is 0.625. The molecule has 0 aliphatic carbocycles. The second-order valence-electron chi connectivity index (χ2n) is 4.03. The van der Waals surface area contributed by atoms with Crippen molar-refractivity contribution in [2.45, 2.75) is 18.3 Å². The van der Waals surface area contributed by atoms with Crippen molar-refractivity contribution in [3.63, 3.8) is 0 Å². The zero-order valence-electron chi connectivity index (χ0n) is 10.2. The lowest BCUT2D eigenvalue weighted by molar-refractivity contribution is -0.136. The van der Waals surface area contributed by atoms with Gasteiger partial charge in [-0.15, -0.1) is 0 Å². The summed E-state index contributed by atoms with van der Waals surface area (Å²) >= 11 is 4.72. The average Bonchev–Trinajstić information content (AvgIpc) is 2.37. The number of nitrogens with two attached hydrogens (primary N) is 1. The Hall–Kier alpha value is -1.70. The first kappa shape index (κ1) is 16.4. The summed E-state index contributed by atoms with van der Waals surface area (Å²) in [5, 5.41) is 1.75. The van der Waals surface area contributed by atoms with Crippen LogP contribution in [0.4, 0.5) is 17.6 Å². The molecule has 1 aromatic carbocycles. The molecule has 1 rings (SSSR count). The minimum absolute atomic E-state index is 0.228. The Bertz CT molecular complexity index is 482. The number of rotatable bonds is 6. The van der Waals surface area contributed by atoms with E-state index >= 15 is 0 Å². The Morgan fingerprint density at radius 1 is 1.30 bits per heavy atom. The summed E-state index contributed by atoms with van der Waals surface area (Å²) in [5.74, 6) is -6.38. The average molecular weight is 308 g/mol. The number of halogens is 4. The summed E-state index contributed by atoms with van der Waals surface area (Å²) in [6.07, 6.45) is -3.86. The van der Waals surface area contributed by atoms with Crippen LogP contribution in [0.3, 0.4) is 0 Å². The first-order chi connectivity index (χ1) is 9.25. The summed E-state index contributed by atoms with van der Waals surface area (Å²) in [4.78, 5) is 11.6. The van der Waals surface area contributed by atoms with Crippen molar-refractivity contribution in [2.24, 2.45) is 5.73 Å². The molecule has 0 heterocycles. The van der Waals surface area contributed by atoms with Crippen LogP contribution in [0.1, 0.15) is 11.5 Å². The van der Waals surface area contributed by atoms with Crippen molar-refractivity contribution >= 4 is 23.1 Å². The van der Waals surface area contributed by atoms with Crippen LogP contribution in [0.2, 0.25) is 0 Å². The third-order valence-electron chi connectivity index (χ3n) is 2.50. The molecule has 3 nitrogen and oxygen atoms in total. The smallest absolute Gasteiger partial charge is 0.324 e. The molecule has 0 aromatic heterocycles. The molecule has 0 spiro atoms. The summed E-state index contributed by atoms with van der Waals surface area (Å²) < 4.78 is 49.5. The molecule has 0 saturated heterocycles. The normalized spacial score (nSPS) is 13.1. The van der Waals surface area contributed by atoms with Crippen LogP contribution in [0.5, 0.6) is 0 Å². The first-order valence-corrected chi connectivity index (χ1v) is 5.94. The largest absolute Gasteiger partial charge is 0.392 e. The minimum Gasteiger partial charge on any atom is -0.392 e. The molecular weight excluding hydrogens is 296 g/mol. The maximum absolute atomic E-state index is 12.7. The number of hydrogen-bond acceptors (Lipinski definition) is 2. The number of amides is 1. The van der Waals surface area contributed by atoms with Gasteiger partial charge in [0.25, 0.3) is 0 Å². The van der Waals surface area contributed by atoms with Crippen LogP contribution in [0.15, 0.2) is 30.3 Å². The van der Waals surface area contributed by atoms with E-state index in [0.29, 0.717) is 5.56 Å². The Morgan fingerprint density at radius 2 is 1.85 bits per heavy atom. The lowest BCUT2D eigenvalue weighted by atomic mass is 9.98. The highest BCUT2D eigenvalue weighted by molar-refractivity contribution is 7.80. The monoisotopic (exact) mass is 308 g/mol. The maximum atomic E-state index is 12.7. The van der Waals surface area contributed by atoms with Crippen LogP contribution < -0.4 is 11.1 Å². The van der Waals surface area contributed by atoms with E-state index in [2.05, 4.69) is 0 Å². The third kappa shape index (κ3) is 4.16. The SMILES string of the molecule is NC(=S)C(C(=O)NCC(F)(F)C(F)F)c1ccccc1. The van der Waals surface area contributed by atoms with E-state index in [0.717, 1.165) is 0 Å². The number of carbonyl (C=O) groups excluding carboxylic acids is 1. The van der Waals surface area contributed by atoms with Crippen molar-refractivity contribution in [3.8, 4) is 0 Å². The highest BCUT2D eigenvalue weighted by Gasteiger charge is 2.41. The predicted molar refractivity (Wildman–Crippen MR) is 69.9 cm³/mol. The fraction of sp³-hybridized carbons (Fsp3) is 0.333. The lowest BCUT2D eigenvalue weighted by Gasteiger charge is -2.19. The van der Waals surface area contributed by atoms with Crippen LogP contribution >= 0.6 is 12.2 Å². The van der Waals surface area contributed by atoms with Gasteiger partial charge in [-0.3, -0.25) is 4.79 Å². The molecule has 20 heavy (non-hydrogen) atoms. The van der Waals surface area contributed by atoms with E-state index in [1.54, 1.807) is 23.5 Å². The fourth-order valence-electron chi connectivity index (χ4n) is 1.47. The molecule has 0 aliphatic heterocycles. The molecule has 0 saturated carbocycles. The number of benzene rings is 1. The van der Waals surface area contributed by atoms with Gasteiger partial charge in [-0.1, -0.05) is 42.5 Å². The molecule has 1 amide bonds. The van der Waals surface area contributed by atoms with Crippen molar-refractivity contribution in [1.82, 2.24) is 5.32 Å². The Balaban J connectivity index is 2.80. The fourth-order valence-corrected chi connectivity index (χ4v) is 1.72. The van der Waals surface area contributed by atoms with E-state index in [1.807, 2.05) is 0 Å². The second-order valence-corrected chi connectivity index (χ2v) is 4.50. The number of alkyl halides is 4. The molecule has 0 bridgehead atoms. The van der Waals surface area contributed by atoms with E-state index in [1.165, 1.54) is 12.1 Å². The minimum atomic E-state index is -4.30. The van der Waals surface area contributed by atoms with Crippen molar-refractivity contribution in [2.75, 3.05) is 6.54 Å². The predicted octanol–water partition coefficient (Wildman–Crippen LogP) is 2.07. The van der Waals surface area contributed by atoms with Gasteiger partial charge in [0.1, 0.15) is 5.92 Å². The van der Waals surface area contributed by atoms with Gasteiger partial charge in [0.05, 0.1) is 11.5 Å². The standard InChI is InChI=1S/C12H12F4N2OS/c13-11(14)12(15,16)6-18-10(19)8(9(17)20)7-4-2-1-3-5-7/h1-5,8,11H,6H2,(H2,17,20)(H,18,19). The van der Waals surface area contributed by atoms with Gasteiger partial charge in [-0.05, 0) is 5.56 Å². The second kappa shape index (κ2) is 6.65. The molecule has 8 heteroatoms. The van der Waals surface area contributed by atoms with Gasteiger partial charge in [0.15, 0.2) is 0 Å². The zero-order chi connectivity index (χ0) is 15.3. The van der Waals surface area contributed by atoms with Gasteiger partial charge < -0.3 is 11.1 Å². The van der Waals surface area contributed by atoms with Gasteiger partial charge >= 0.3 is 12.3 Å². The number of thiocarbonyl (C=S) groups is 1. The van der Waals surface area contributed by atoms with Crippen molar-refractivity contribution in [1.29, 1.82) is 0 Å². The van der Waals surface area contributed by atoms with Gasteiger partial charge in [-0.2, -0.15) is 8.78 Å². The van der Waals surface area contributed by atoms with Crippen LogP contribution in [-0.2, 0) is 4.79 Å². The van der Waals surface area contributed by atoms with Gasteiger partial charge in [0.2, 0.25) is 5.91 Å². The summed E-state index contributed by atoms with van der Waals surface area (Å²) in [5.41, 5.74) is 5.80. The molecule has 0 radical (unpaired) electrons. The van der Waals surface area contributed by atoms with Gasteiger partial charge in [-0.25, -0.2) is 8.78 Å². The summed E-state index contributed by atoms with van der Waals surface area (Å²) in [6, 6.07) is 7.98. The van der Waals surface area contributed by atoms with Crippen LogP contribution in [0.25, 0.3) is 0 Å². The first-order valence-electron chi connectivity index (χ1n) is 5.53.